The minimum absolute atomic E-state index is 0.817. The van der Waals surface area contributed by atoms with Gasteiger partial charge < -0.3 is 4.90 Å². The van der Waals surface area contributed by atoms with Gasteiger partial charge in [-0.25, -0.2) is 0 Å². The van der Waals surface area contributed by atoms with Gasteiger partial charge in [-0.3, -0.25) is 0 Å². The zero-order valence-corrected chi connectivity index (χ0v) is 9.62. The molecule has 0 aliphatic rings. The maximum Gasteiger partial charge on any atom is 0.160 e. The van der Waals surface area contributed by atoms with Gasteiger partial charge >= 0.3 is 0 Å². The topological polar surface area (TPSA) is 54.8 Å². The lowest BCUT2D eigenvalue weighted by Gasteiger charge is -2.13. The van der Waals surface area contributed by atoms with Crippen LogP contribution in [0, 0.1) is 0 Å². The molecule has 0 radical (unpaired) electrons. The highest BCUT2D eigenvalue weighted by molar-refractivity contribution is 7.98. The van der Waals surface area contributed by atoms with Crippen LogP contribution in [0.1, 0.15) is 0 Å². The van der Waals surface area contributed by atoms with Crippen molar-refractivity contribution < 1.29 is 0 Å². The van der Waals surface area contributed by atoms with Crippen LogP contribution < -0.4 is 4.90 Å². The molecular formula is C9H11N5S. The second-order valence-corrected chi connectivity index (χ2v) is 4.04. The second-order valence-electron chi connectivity index (χ2n) is 3.24. The van der Waals surface area contributed by atoms with Crippen LogP contribution in [-0.2, 0) is 0 Å². The molecule has 5 nitrogen and oxygen atoms in total. The van der Waals surface area contributed by atoms with Crippen LogP contribution in [0.25, 0.3) is 10.8 Å². The molecule has 0 unspecified atom stereocenters. The van der Waals surface area contributed by atoms with E-state index in [4.69, 9.17) is 0 Å². The quantitative estimate of drug-likeness (QED) is 0.710. The van der Waals surface area contributed by atoms with Gasteiger partial charge in [0.05, 0.1) is 17.8 Å². The Labute approximate surface area is 91.9 Å². The Balaban J connectivity index is 2.77. The summed E-state index contributed by atoms with van der Waals surface area (Å²) in [6.07, 6.45) is 5.42. The van der Waals surface area contributed by atoms with E-state index in [1.165, 1.54) is 0 Å². The number of hydrogen-bond donors (Lipinski definition) is 0. The van der Waals surface area contributed by atoms with Crippen molar-refractivity contribution in [1.82, 2.24) is 20.4 Å². The number of thioether (sulfide) groups is 1. The average molecular weight is 221 g/mol. The SMILES string of the molecule is CSc1nnc(N(C)C)c2cnncc12. The normalized spacial score (nSPS) is 10.6. The maximum atomic E-state index is 4.16. The van der Waals surface area contributed by atoms with E-state index in [9.17, 15) is 0 Å². The summed E-state index contributed by atoms with van der Waals surface area (Å²) < 4.78 is 0. The summed E-state index contributed by atoms with van der Waals surface area (Å²) in [5.41, 5.74) is 0. The molecule has 0 atom stereocenters. The molecule has 0 spiro atoms. The molecular weight excluding hydrogens is 210 g/mol. The van der Waals surface area contributed by atoms with E-state index in [1.807, 2.05) is 25.3 Å². The van der Waals surface area contributed by atoms with Gasteiger partial charge in [0, 0.05) is 19.5 Å². The lowest BCUT2D eigenvalue weighted by Crippen LogP contribution is -2.12. The summed E-state index contributed by atoms with van der Waals surface area (Å²) >= 11 is 1.56. The van der Waals surface area contributed by atoms with Gasteiger partial charge in [0.25, 0.3) is 0 Å². The molecule has 2 aromatic rings. The zero-order valence-electron chi connectivity index (χ0n) is 8.80. The highest BCUT2D eigenvalue weighted by atomic mass is 32.2. The molecule has 6 heteroatoms. The molecule has 0 bridgehead atoms. The molecule has 15 heavy (non-hydrogen) atoms. The monoisotopic (exact) mass is 221 g/mol. The molecule has 0 saturated carbocycles. The predicted octanol–water partition coefficient (Wildman–Crippen LogP) is 1.21. The Hall–Kier alpha value is -1.43. The van der Waals surface area contributed by atoms with Crippen molar-refractivity contribution in [3.8, 4) is 0 Å². The van der Waals surface area contributed by atoms with E-state index in [1.54, 1.807) is 24.2 Å². The molecule has 0 aromatic carbocycles. The van der Waals surface area contributed by atoms with Crippen LogP contribution >= 0.6 is 11.8 Å². The minimum Gasteiger partial charge on any atom is -0.361 e. The van der Waals surface area contributed by atoms with Crippen LogP contribution in [-0.4, -0.2) is 40.7 Å². The number of aromatic nitrogens is 4. The first-order valence-electron chi connectivity index (χ1n) is 4.42. The molecule has 2 rings (SSSR count). The number of rotatable bonds is 2. The van der Waals surface area contributed by atoms with E-state index >= 15 is 0 Å². The molecule has 0 aliphatic heterocycles. The molecule has 0 saturated heterocycles. The van der Waals surface area contributed by atoms with Gasteiger partial charge in [-0.15, -0.1) is 22.0 Å². The van der Waals surface area contributed by atoms with Crippen molar-refractivity contribution in [2.75, 3.05) is 25.3 Å². The van der Waals surface area contributed by atoms with Gasteiger partial charge in [-0.1, -0.05) is 0 Å². The molecule has 0 aliphatic carbocycles. The standard InChI is InChI=1S/C9H11N5S/c1-14(2)8-6-4-10-11-5-7(6)9(15-3)13-12-8/h4-5H,1-3H3. The lowest BCUT2D eigenvalue weighted by atomic mass is 10.2. The Morgan fingerprint density at radius 2 is 1.73 bits per heavy atom. The van der Waals surface area contributed by atoms with Crippen molar-refractivity contribution in [3.63, 3.8) is 0 Å². The van der Waals surface area contributed by atoms with E-state index in [0.29, 0.717) is 0 Å². The van der Waals surface area contributed by atoms with Gasteiger partial charge in [0.15, 0.2) is 5.82 Å². The summed E-state index contributed by atoms with van der Waals surface area (Å²) in [6, 6.07) is 0. The van der Waals surface area contributed by atoms with Crippen molar-refractivity contribution in [1.29, 1.82) is 0 Å². The van der Waals surface area contributed by atoms with E-state index in [2.05, 4.69) is 20.4 Å². The minimum atomic E-state index is 0.817. The molecule has 2 heterocycles. The summed E-state index contributed by atoms with van der Waals surface area (Å²) in [4.78, 5) is 1.92. The Bertz CT molecular complexity index is 485. The van der Waals surface area contributed by atoms with Crippen molar-refractivity contribution >= 4 is 28.4 Å². The first-order valence-corrected chi connectivity index (χ1v) is 5.65. The zero-order chi connectivity index (χ0) is 10.8. The van der Waals surface area contributed by atoms with Crippen LogP contribution in [0.15, 0.2) is 17.4 Å². The summed E-state index contributed by atoms with van der Waals surface area (Å²) in [7, 11) is 3.87. The molecule has 0 N–H and O–H groups in total. The molecule has 0 amide bonds. The summed E-state index contributed by atoms with van der Waals surface area (Å²) in [5.74, 6) is 0.817. The van der Waals surface area contributed by atoms with E-state index in [0.717, 1.165) is 21.6 Å². The maximum absolute atomic E-state index is 4.16. The first-order chi connectivity index (χ1) is 7.24. The fourth-order valence-electron chi connectivity index (χ4n) is 1.35. The van der Waals surface area contributed by atoms with Crippen LogP contribution in [0.2, 0.25) is 0 Å². The van der Waals surface area contributed by atoms with Crippen LogP contribution in [0.4, 0.5) is 5.82 Å². The third-order valence-corrected chi connectivity index (χ3v) is 2.74. The van der Waals surface area contributed by atoms with E-state index in [-0.39, 0.29) is 0 Å². The largest absolute Gasteiger partial charge is 0.361 e. The Morgan fingerprint density at radius 3 is 2.33 bits per heavy atom. The fourth-order valence-corrected chi connectivity index (χ4v) is 1.86. The Kier molecular flexibility index (Phi) is 2.68. The second kappa shape index (κ2) is 3.98. The summed E-state index contributed by atoms with van der Waals surface area (Å²) in [6.45, 7) is 0. The van der Waals surface area contributed by atoms with Crippen LogP contribution in [0.5, 0.6) is 0 Å². The van der Waals surface area contributed by atoms with Crippen molar-refractivity contribution in [2.45, 2.75) is 5.03 Å². The third kappa shape index (κ3) is 1.72. The Morgan fingerprint density at radius 1 is 1.07 bits per heavy atom. The van der Waals surface area contributed by atoms with Gasteiger partial charge in [0.2, 0.25) is 0 Å². The van der Waals surface area contributed by atoms with Gasteiger partial charge in [-0.2, -0.15) is 10.2 Å². The molecule has 0 fully saturated rings. The number of fused-ring (bicyclic) bond motifs is 1. The highest BCUT2D eigenvalue weighted by Crippen LogP contribution is 2.27. The average Bonchev–Trinajstić information content (AvgIpc) is 2.27. The molecule has 78 valence electrons. The smallest absolute Gasteiger partial charge is 0.160 e. The van der Waals surface area contributed by atoms with E-state index < -0.39 is 0 Å². The predicted molar refractivity (Wildman–Crippen MR) is 61.2 cm³/mol. The first kappa shape index (κ1) is 10.1. The van der Waals surface area contributed by atoms with Gasteiger partial charge in [0.1, 0.15) is 5.03 Å². The number of nitrogens with zero attached hydrogens (tertiary/aromatic N) is 5. The number of anilines is 1. The lowest BCUT2D eigenvalue weighted by molar-refractivity contribution is 0.913. The summed E-state index contributed by atoms with van der Waals surface area (Å²) in [5, 5.41) is 18.9. The van der Waals surface area contributed by atoms with Crippen LogP contribution in [0.3, 0.4) is 0 Å². The van der Waals surface area contributed by atoms with Gasteiger partial charge in [-0.05, 0) is 6.26 Å². The third-order valence-electron chi connectivity index (χ3n) is 2.05. The van der Waals surface area contributed by atoms with Crippen molar-refractivity contribution in [3.05, 3.63) is 12.4 Å². The molecule has 2 aromatic heterocycles. The van der Waals surface area contributed by atoms with Crippen molar-refractivity contribution in [2.24, 2.45) is 0 Å². The number of hydrogen-bond acceptors (Lipinski definition) is 6. The fraction of sp³-hybridized carbons (Fsp3) is 0.333. The highest BCUT2D eigenvalue weighted by Gasteiger charge is 2.10.